The maximum atomic E-state index is 13.8. The van der Waals surface area contributed by atoms with E-state index in [2.05, 4.69) is 15.9 Å². The fourth-order valence-corrected chi connectivity index (χ4v) is 2.77. The number of aliphatic hydroxyl groups excluding tert-OH is 1. The summed E-state index contributed by atoms with van der Waals surface area (Å²) in [5.41, 5.74) is 0.463. The Kier molecular flexibility index (Phi) is 3.67. The van der Waals surface area contributed by atoms with Crippen LogP contribution in [-0.4, -0.2) is 5.11 Å². The highest BCUT2D eigenvalue weighted by Crippen LogP contribution is 2.42. The van der Waals surface area contributed by atoms with Crippen LogP contribution in [0.5, 0.6) is 5.75 Å². The first-order valence-electron chi connectivity index (χ1n) is 6.24. The summed E-state index contributed by atoms with van der Waals surface area (Å²) in [5.74, 6) is -2.90. The van der Waals surface area contributed by atoms with Crippen LogP contribution < -0.4 is 4.74 Å². The zero-order valence-corrected chi connectivity index (χ0v) is 12.2. The van der Waals surface area contributed by atoms with E-state index in [1.165, 1.54) is 0 Å². The first kappa shape index (κ1) is 14.4. The van der Waals surface area contributed by atoms with Crippen molar-refractivity contribution in [2.24, 2.45) is 0 Å². The zero-order valence-electron chi connectivity index (χ0n) is 10.6. The normalized spacial score (nSPS) is 20.8. The van der Waals surface area contributed by atoms with Gasteiger partial charge in [0.05, 0.1) is 6.10 Å². The van der Waals surface area contributed by atoms with Crippen LogP contribution in [0.2, 0.25) is 0 Å². The molecule has 0 saturated heterocycles. The number of halogens is 4. The van der Waals surface area contributed by atoms with Gasteiger partial charge in [0.1, 0.15) is 17.7 Å². The van der Waals surface area contributed by atoms with Crippen LogP contribution in [0.3, 0.4) is 0 Å². The average molecular weight is 359 g/mol. The van der Waals surface area contributed by atoms with Crippen molar-refractivity contribution in [2.75, 3.05) is 0 Å². The Morgan fingerprint density at radius 3 is 2.48 bits per heavy atom. The van der Waals surface area contributed by atoms with Gasteiger partial charge in [-0.2, -0.15) is 0 Å². The highest BCUT2D eigenvalue weighted by molar-refractivity contribution is 9.10. The first-order chi connectivity index (χ1) is 9.95. The molecule has 1 heterocycles. The molecule has 110 valence electrons. The minimum absolute atomic E-state index is 0.0610. The minimum atomic E-state index is -1.25. The Morgan fingerprint density at radius 1 is 1.00 bits per heavy atom. The fraction of sp³-hybridized carbons (Fsp3) is 0.200. The van der Waals surface area contributed by atoms with Gasteiger partial charge in [-0.15, -0.1) is 0 Å². The number of ether oxygens (including phenoxy) is 1. The highest BCUT2D eigenvalue weighted by Gasteiger charge is 2.30. The maximum absolute atomic E-state index is 13.8. The van der Waals surface area contributed by atoms with Crippen molar-refractivity contribution >= 4 is 15.9 Å². The molecule has 0 saturated carbocycles. The Bertz CT molecular complexity index is 706. The molecule has 2 atom stereocenters. The lowest BCUT2D eigenvalue weighted by molar-refractivity contribution is 0.0637. The topological polar surface area (TPSA) is 29.5 Å². The molecule has 0 bridgehead atoms. The molecular weight excluding hydrogens is 349 g/mol. The van der Waals surface area contributed by atoms with Gasteiger partial charge in [0, 0.05) is 28.1 Å². The molecule has 2 nitrogen and oxygen atoms in total. The average Bonchev–Trinajstić information content (AvgIpc) is 2.43. The van der Waals surface area contributed by atoms with Crippen LogP contribution in [0.1, 0.15) is 29.8 Å². The second kappa shape index (κ2) is 5.35. The molecule has 0 spiro atoms. The van der Waals surface area contributed by atoms with E-state index in [-0.39, 0.29) is 12.0 Å². The van der Waals surface area contributed by atoms with Gasteiger partial charge in [0.25, 0.3) is 0 Å². The molecular formula is C15H10BrF3O2. The third-order valence-corrected chi connectivity index (χ3v) is 3.92. The van der Waals surface area contributed by atoms with E-state index in [0.29, 0.717) is 17.4 Å². The maximum Gasteiger partial charge on any atom is 0.161 e. The number of benzene rings is 2. The number of fused-ring (bicyclic) bond motifs is 1. The summed E-state index contributed by atoms with van der Waals surface area (Å²) in [5, 5.41) is 10.1. The van der Waals surface area contributed by atoms with Crippen molar-refractivity contribution in [3.05, 3.63) is 63.4 Å². The van der Waals surface area contributed by atoms with Crippen molar-refractivity contribution < 1.29 is 23.0 Å². The summed E-state index contributed by atoms with van der Waals surface area (Å²) < 4.78 is 46.5. The molecule has 2 aromatic rings. The molecule has 2 unspecified atom stereocenters. The zero-order chi connectivity index (χ0) is 15.1. The molecule has 0 radical (unpaired) electrons. The summed E-state index contributed by atoms with van der Waals surface area (Å²) in [6.45, 7) is 0. The molecule has 0 amide bonds. The van der Waals surface area contributed by atoms with Gasteiger partial charge < -0.3 is 9.84 Å². The van der Waals surface area contributed by atoms with Crippen molar-refractivity contribution in [2.45, 2.75) is 18.6 Å². The third-order valence-electron chi connectivity index (χ3n) is 3.42. The Morgan fingerprint density at radius 2 is 1.71 bits per heavy atom. The van der Waals surface area contributed by atoms with Crippen LogP contribution in [0, 0.1) is 17.5 Å². The van der Waals surface area contributed by atoms with Gasteiger partial charge >= 0.3 is 0 Å². The second-order valence-electron chi connectivity index (χ2n) is 4.83. The summed E-state index contributed by atoms with van der Waals surface area (Å²) >= 11 is 3.29. The van der Waals surface area contributed by atoms with Crippen LogP contribution in [-0.2, 0) is 0 Å². The molecule has 3 rings (SSSR count). The molecule has 0 fully saturated rings. The molecule has 1 N–H and O–H groups in total. The summed E-state index contributed by atoms with van der Waals surface area (Å²) in [6, 6.07) is 6.31. The number of aliphatic hydroxyl groups is 1. The van der Waals surface area contributed by atoms with Gasteiger partial charge in [0.15, 0.2) is 11.6 Å². The summed E-state index contributed by atoms with van der Waals surface area (Å²) in [4.78, 5) is 0. The molecule has 2 aromatic carbocycles. The summed E-state index contributed by atoms with van der Waals surface area (Å²) in [6.07, 6.45) is -1.68. The van der Waals surface area contributed by atoms with Crippen molar-refractivity contribution in [3.8, 4) is 5.75 Å². The van der Waals surface area contributed by atoms with Gasteiger partial charge in [-0.05, 0) is 24.3 Å². The van der Waals surface area contributed by atoms with E-state index < -0.39 is 29.7 Å². The first-order valence-corrected chi connectivity index (χ1v) is 7.03. The largest absolute Gasteiger partial charge is 0.485 e. The standard InChI is InChI=1S/C15H10BrF3O2/c16-7-1-2-14-9(3-7)13(20)6-15(21-14)8-4-11(18)12(19)5-10(8)17/h1-5,13,15,20H,6H2. The van der Waals surface area contributed by atoms with E-state index in [4.69, 9.17) is 4.74 Å². The summed E-state index contributed by atoms with van der Waals surface area (Å²) in [7, 11) is 0. The van der Waals surface area contributed by atoms with Gasteiger partial charge in [-0.1, -0.05) is 15.9 Å². The quantitative estimate of drug-likeness (QED) is 0.764. The molecule has 21 heavy (non-hydrogen) atoms. The smallest absolute Gasteiger partial charge is 0.161 e. The van der Waals surface area contributed by atoms with E-state index in [1.54, 1.807) is 18.2 Å². The number of hydrogen-bond donors (Lipinski definition) is 1. The van der Waals surface area contributed by atoms with Gasteiger partial charge in [-0.25, -0.2) is 13.2 Å². The molecule has 1 aliphatic rings. The Balaban J connectivity index is 1.99. The molecule has 6 heteroatoms. The van der Waals surface area contributed by atoms with Crippen molar-refractivity contribution in [1.82, 2.24) is 0 Å². The monoisotopic (exact) mass is 358 g/mol. The Labute approximate surface area is 127 Å². The van der Waals surface area contributed by atoms with Gasteiger partial charge in [0.2, 0.25) is 0 Å². The number of hydrogen-bond acceptors (Lipinski definition) is 2. The van der Waals surface area contributed by atoms with E-state index >= 15 is 0 Å². The SMILES string of the molecule is OC1CC(c2cc(F)c(F)cc2F)Oc2ccc(Br)cc21. The fourth-order valence-electron chi connectivity index (χ4n) is 2.39. The lowest BCUT2D eigenvalue weighted by Gasteiger charge is -2.30. The van der Waals surface area contributed by atoms with Crippen LogP contribution in [0.15, 0.2) is 34.8 Å². The van der Waals surface area contributed by atoms with E-state index in [1.807, 2.05) is 0 Å². The van der Waals surface area contributed by atoms with Crippen molar-refractivity contribution in [3.63, 3.8) is 0 Å². The minimum Gasteiger partial charge on any atom is -0.485 e. The van der Waals surface area contributed by atoms with Crippen molar-refractivity contribution in [1.29, 1.82) is 0 Å². The predicted molar refractivity (Wildman–Crippen MR) is 73.4 cm³/mol. The van der Waals surface area contributed by atoms with E-state index in [0.717, 1.165) is 10.5 Å². The van der Waals surface area contributed by atoms with Crippen LogP contribution >= 0.6 is 15.9 Å². The molecule has 1 aliphatic heterocycles. The van der Waals surface area contributed by atoms with Gasteiger partial charge in [-0.3, -0.25) is 0 Å². The van der Waals surface area contributed by atoms with Crippen LogP contribution in [0.25, 0.3) is 0 Å². The molecule has 0 aliphatic carbocycles. The predicted octanol–water partition coefficient (Wildman–Crippen LogP) is 4.42. The number of rotatable bonds is 1. The van der Waals surface area contributed by atoms with E-state index in [9.17, 15) is 18.3 Å². The third kappa shape index (κ3) is 2.65. The van der Waals surface area contributed by atoms with Crippen LogP contribution in [0.4, 0.5) is 13.2 Å². The lowest BCUT2D eigenvalue weighted by Crippen LogP contribution is -2.20. The second-order valence-corrected chi connectivity index (χ2v) is 5.74. The Hall–Kier alpha value is -1.53. The highest BCUT2D eigenvalue weighted by atomic mass is 79.9. The molecule has 0 aromatic heterocycles. The lowest BCUT2D eigenvalue weighted by atomic mass is 9.94.